The minimum atomic E-state index is -0.280. The molecule has 2 aromatic heterocycles. The SMILES string of the molecule is C=CNc1c(N)nc(N2CCN(CC(C)C)CC2)nc1C(N)=Nc1cc(C(=O)Nc2cc(C(C)(C)C)nn2C)ccc1C. The summed E-state index contributed by atoms with van der Waals surface area (Å²) in [4.78, 5) is 31.8. The van der Waals surface area contributed by atoms with Crippen LogP contribution in [0.2, 0.25) is 0 Å². The van der Waals surface area contributed by atoms with Crippen LogP contribution in [0.3, 0.4) is 0 Å². The maximum Gasteiger partial charge on any atom is 0.256 e. The van der Waals surface area contributed by atoms with Crippen LogP contribution in [0.25, 0.3) is 0 Å². The van der Waals surface area contributed by atoms with Gasteiger partial charge in [-0.05, 0) is 36.7 Å². The number of carbonyl (C=O) groups excluding carboxylic acids is 1. The largest absolute Gasteiger partial charge is 0.382 e. The van der Waals surface area contributed by atoms with Crippen LogP contribution in [0.4, 0.5) is 29.0 Å². The minimum absolute atomic E-state index is 0.139. The molecule has 1 fully saturated rings. The number of nitrogens with two attached hydrogens (primary N) is 2. The maximum absolute atomic E-state index is 13.2. The molecule has 0 saturated carbocycles. The topological polar surface area (TPSA) is 156 Å². The molecule has 1 aromatic carbocycles. The number of aromatic nitrogens is 4. The van der Waals surface area contributed by atoms with Gasteiger partial charge in [0.2, 0.25) is 5.95 Å². The lowest BCUT2D eigenvalue weighted by Gasteiger charge is -2.35. The van der Waals surface area contributed by atoms with Crippen molar-refractivity contribution in [2.75, 3.05) is 54.0 Å². The first-order chi connectivity index (χ1) is 20.3. The lowest BCUT2D eigenvalue weighted by atomic mass is 9.92. The number of nitrogens with one attached hydrogen (secondary N) is 2. The van der Waals surface area contributed by atoms with E-state index in [0.29, 0.717) is 40.3 Å². The van der Waals surface area contributed by atoms with Crippen LogP contribution in [0.15, 0.2) is 42.0 Å². The van der Waals surface area contributed by atoms with Crippen molar-refractivity contribution in [3.05, 3.63) is 59.6 Å². The predicted molar refractivity (Wildman–Crippen MR) is 175 cm³/mol. The summed E-state index contributed by atoms with van der Waals surface area (Å²) < 4.78 is 1.67. The van der Waals surface area contributed by atoms with Crippen molar-refractivity contribution >= 4 is 40.7 Å². The third kappa shape index (κ3) is 7.50. The fourth-order valence-electron chi connectivity index (χ4n) is 4.88. The van der Waals surface area contributed by atoms with Gasteiger partial charge in [0.15, 0.2) is 11.7 Å². The molecule has 0 unspecified atom stereocenters. The highest BCUT2D eigenvalue weighted by atomic mass is 16.1. The molecule has 0 radical (unpaired) electrons. The van der Waals surface area contributed by atoms with Gasteiger partial charge in [0.05, 0.1) is 11.4 Å². The molecule has 0 spiro atoms. The Bertz CT molecular complexity index is 1510. The van der Waals surface area contributed by atoms with Crippen molar-refractivity contribution in [2.24, 2.45) is 23.7 Å². The number of nitrogens with zero attached hydrogens (tertiary/aromatic N) is 7. The Morgan fingerprint density at radius 1 is 1.16 bits per heavy atom. The molecule has 1 aliphatic rings. The van der Waals surface area contributed by atoms with Crippen molar-refractivity contribution < 1.29 is 4.79 Å². The Morgan fingerprint density at radius 3 is 2.47 bits per heavy atom. The van der Waals surface area contributed by atoms with Gasteiger partial charge >= 0.3 is 0 Å². The maximum atomic E-state index is 13.2. The Kier molecular flexibility index (Phi) is 9.39. The third-order valence-corrected chi connectivity index (χ3v) is 7.29. The van der Waals surface area contributed by atoms with Crippen LogP contribution < -0.4 is 27.0 Å². The summed E-state index contributed by atoms with van der Waals surface area (Å²) in [7, 11) is 1.80. The van der Waals surface area contributed by atoms with Gasteiger partial charge in [0.25, 0.3) is 5.91 Å². The highest BCUT2D eigenvalue weighted by molar-refractivity contribution is 6.06. The zero-order valence-electron chi connectivity index (χ0n) is 26.4. The zero-order chi connectivity index (χ0) is 31.5. The van der Waals surface area contributed by atoms with E-state index in [0.717, 1.165) is 44.0 Å². The first kappa shape index (κ1) is 31.5. The molecule has 0 aliphatic carbocycles. The first-order valence-corrected chi connectivity index (χ1v) is 14.6. The van der Waals surface area contributed by atoms with Crippen molar-refractivity contribution in [2.45, 2.75) is 47.0 Å². The highest BCUT2D eigenvalue weighted by Gasteiger charge is 2.24. The monoisotopic (exact) mass is 587 g/mol. The molecular weight excluding hydrogens is 542 g/mol. The fraction of sp³-hybridized carbons (Fsp3) is 0.452. The van der Waals surface area contributed by atoms with Gasteiger partial charge in [-0.25, -0.2) is 9.98 Å². The van der Waals surface area contributed by atoms with Crippen molar-refractivity contribution in [1.29, 1.82) is 0 Å². The summed E-state index contributed by atoms with van der Waals surface area (Å²) in [6, 6.07) is 7.19. The van der Waals surface area contributed by atoms with Gasteiger partial charge in [-0.1, -0.05) is 47.3 Å². The fourth-order valence-corrected chi connectivity index (χ4v) is 4.88. The summed E-state index contributed by atoms with van der Waals surface area (Å²) in [5, 5.41) is 10.5. The quantitative estimate of drug-likeness (QED) is 0.214. The van der Waals surface area contributed by atoms with E-state index < -0.39 is 0 Å². The summed E-state index contributed by atoms with van der Waals surface area (Å²) in [6.07, 6.45) is 1.50. The average molecular weight is 588 g/mol. The summed E-state index contributed by atoms with van der Waals surface area (Å²) >= 11 is 0. The molecule has 230 valence electrons. The second kappa shape index (κ2) is 12.8. The average Bonchev–Trinajstić information content (AvgIpc) is 3.31. The lowest BCUT2D eigenvalue weighted by molar-refractivity contribution is 0.102. The molecule has 1 amide bonds. The Hall–Kier alpha value is -4.45. The molecule has 0 atom stereocenters. The number of aliphatic imine (C=N–C) groups is 1. The molecule has 4 rings (SSSR count). The Labute approximate surface area is 254 Å². The van der Waals surface area contributed by atoms with E-state index in [1.165, 1.54) is 6.20 Å². The number of aryl methyl sites for hydroxylation is 2. The number of amides is 1. The molecular formula is C31H45N11O. The molecule has 1 aliphatic heterocycles. The normalized spacial score (nSPS) is 14.7. The van der Waals surface area contributed by atoms with Crippen molar-refractivity contribution in [3.63, 3.8) is 0 Å². The number of amidine groups is 1. The second-order valence-electron chi connectivity index (χ2n) is 12.4. The number of carbonyl (C=O) groups is 1. The third-order valence-electron chi connectivity index (χ3n) is 7.29. The van der Waals surface area contributed by atoms with Crippen LogP contribution in [-0.2, 0) is 12.5 Å². The molecule has 1 saturated heterocycles. The smallest absolute Gasteiger partial charge is 0.256 e. The summed E-state index contributed by atoms with van der Waals surface area (Å²) in [5.41, 5.74) is 16.3. The van der Waals surface area contributed by atoms with Crippen LogP contribution in [0.5, 0.6) is 0 Å². The number of benzene rings is 1. The number of nitrogen functional groups attached to an aromatic ring is 1. The number of piperazine rings is 1. The molecule has 0 bridgehead atoms. The second-order valence-corrected chi connectivity index (χ2v) is 12.4. The van der Waals surface area contributed by atoms with Crippen LogP contribution in [-0.4, -0.2) is 69.1 Å². The zero-order valence-corrected chi connectivity index (χ0v) is 26.4. The predicted octanol–water partition coefficient (Wildman–Crippen LogP) is 4.02. The molecule has 12 nitrogen and oxygen atoms in total. The van der Waals surface area contributed by atoms with E-state index in [9.17, 15) is 4.79 Å². The van der Waals surface area contributed by atoms with E-state index in [2.05, 4.69) is 71.7 Å². The number of hydrogen-bond donors (Lipinski definition) is 4. The summed E-state index contributed by atoms with van der Waals surface area (Å²) in [6.45, 7) is 20.8. The van der Waals surface area contributed by atoms with Gasteiger partial charge in [-0.3, -0.25) is 14.4 Å². The Balaban J connectivity index is 1.62. The number of hydrogen-bond acceptors (Lipinski definition) is 9. The van der Waals surface area contributed by atoms with Crippen molar-refractivity contribution in [1.82, 2.24) is 24.6 Å². The van der Waals surface area contributed by atoms with Crippen molar-refractivity contribution in [3.8, 4) is 0 Å². The van der Waals surface area contributed by atoms with E-state index >= 15 is 0 Å². The van der Waals surface area contributed by atoms with Crippen LogP contribution >= 0.6 is 0 Å². The lowest BCUT2D eigenvalue weighted by Crippen LogP contribution is -2.48. The molecule has 43 heavy (non-hydrogen) atoms. The summed E-state index contributed by atoms with van der Waals surface area (Å²) in [5.74, 6) is 1.82. The van der Waals surface area contributed by atoms with Gasteiger partial charge in [-0.2, -0.15) is 10.1 Å². The molecule has 12 heteroatoms. The van der Waals surface area contributed by atoms with Gasteiger partial charge in [-0.15, -0.1) is 0 Å². The standard InChI is InChI=1S/C31H45N11O/c1-9-34-25-26(37-30(38-27(25)32)42-14-12-41(13-15-42)18-19(2)3)28(33)35-22-16-21(11-10-20(22)4)29(43)36-24-17-23(31(5,6)7)39-40(24)8/h9-11,16-17,19,34H,1,12-15,18H2,2-8H3,(H2,33,35)(H,36,43)(H2,32,37,38). The van der Waals surface area contributed by atoms with E-state index in [1.807, 2.05) is 19.1 Å². The van der Waals surface area contributed by atoms with E-state index in [-0.39, 0.29) is 23.0 Å². The molecule has 3 heterocycles. The number of rotatable bonds is 9. The van der Waals surface area contributed by atoms with E-state index in [1.54, 1.807) is 23.9 Å². The molecule has 3 aromatic rings. The van der Waals surface area contributed by atoms with E-state index in [4.69, 9.17) is 21.4 Å². The van der Waals surface area contributed by atoms with Gasteiger partial charge in [0.1, 0.15) is 17.2 Å². The highest BCUT2D eigenvalue weighted by Crippen LogP contribution is 2.28. The number of anilines is 4. The molecule has 6 N–H and O–H groups in total. The van der Waals surface area contributed by atoms with Gasteiger partial charge < -0.3 is 27.0 Å². The van der Waals surface area contributed by atoms with Crippen LogP contribution in [0.1, 0.15) is 61.9 Å². The van der Waals surface area contributed by atoms with Gasteiger partial charge in [0, 0.05) is 56.8 Å². The first-order valence-electron chi connectivity index (χ1n) is 14.6. The van der Waals surface area contributed by atoms with Crippen LogP contribution in [0, 0.1) is 12.8 Å². The Morgan fingerprint density at radius 2 is 1.86 bits per heavy atom. The minimum Gasteiger partial charge on any atom is -0.382 e.